The molecule has 4 nitrogen and oxygen atoms in total. The Morgan fingerprint density at radius 1 is 1.53 bits per heavy atom. The predicted octanol–water partition coefficient (Wildman–Crippen LogP) is 1.53. The van der Waals surface area contributed by atoms with E-state index in [9.17, 15) is 4.79 Å². The van der Waals surface area contributed by atoms with E-state index in [0.29, 0.717) is 18.7 Å². The molecule has 1 aromatic carbocycles. The normalized spacial score (nSPS) is 14.2. The van der Waals surface area contributed by atoms with E-state index in [1.165, 1.54) is 0 Å². The average Bonchev–Trinajstić information content (AvgIpc) is 2.34. The molecule has 0 atom stereocenters. The Balaban J connectivity index is 2.52. The third-order valence-electron chi connectivity index (χ3n) is 2.79. The molecule has 17 heavy (non-hydrogen) atoms. The first kappa shape index (κ1) is 11.2. The summed E-state index contributed by atoms with van der Waals surface area (Å²) in [6.45, 7) is 4.48. The minimum atomic E-state index is 0.0459. The lowest BCUT2D eigenvalue weighted by atomic mass is 10.1. The summed E-state index contributed by atoms with van der Waals surface area (Å²) >= 11 is 0. The molecule has 2 rings (SSSR count). The molecule has 0 saturated carbocycles. The van der Waals surface area contributed by atoms with E-state index >= 15 is 0 Å². The first-order chi connectivity index (χ1) is 8.17. The van der Waals surface area contributed by atoms with Crippen LogP contribution in [0.4, 0.5) is 11.4 Å². The zero-order valence-electron chi connectivity index (χ0n) is 9.68. The van der Waals surface area contributed by atoms with Gasteiger partial charge in [-0.25, -0.2) is 0 Å². The zero-order chi connectivity index (χ0) is 12.4. The number of carbonyl (C=O) groups is 1. The number of hydrogen-bond acceptors (Lipinski definition) is 3. The quantitative estimate of drug-likeness (QED) is 0.720. The Bertz CT molecular complexity index is 516. The zero-order valence-corrected chi connectivity index (χ0v) is 9.68. The van der Waals surface area contributed by atoms with Crippen molar-refractivity contribution in [2.45, 2.75) is 0 Å². The lowest BCUT2D eigenvalue weighted by Gasteiger charge is -2.34. The predicted molar refractivity (Wildman–Crippen MR) is 67.0 cm³/mol. The van der Waals surface area contributed by atoms with Gasteiger partial charge in [-0.2, -0.15) is 5.26 Å². The van der Waals surface area contributed by atoms with Crippen molar-refractivity contribution in [3.8, 4) is 6.07 Å². The Kier molecular flexibility index (Phi) is 2.84. The van der Waals surface area contributed by atoms with Crippen LogP contribution >= 0.6 is 0 Å². The standard InChI is InChI=1S/C13H13N3O/c1-3-6-16-11-5-4-10(8-14)7-12(11)15(2)9-13(16)17/h3-5,7H,1,6,9H2,2H3. The van der Waals surface area contributed by atoms with Crippen LogP contribution in [0.25, 0.3) is 0 Å². The molecule has 86 valence electrons. The molecule has 0 N–H and O–H groups in total. The molecule has 1 aliphatic rings. The maximum absolute atomic E-state index is 11.9. The van der Waals surface area contributed by atoms with Gasteiger partial charge in [0.1, 0.15) is 0 Å². The number of anilines is 2. The van der Waals surface area contributed by atoms with Crippen LogP contribution in [0.15, 0.2) is 30.9 Å². The Labute approximate surface area is 100 Å². The summed E-state index contributed by atoms with van der Waals surface area (Å²) in [7, 11) is 1.85. The fourth-order valence-electron chi connectivity index (χ4n) is 1.96. The molecule has 0 fully saturated rings. The lowest BCUT2D eigenvalue weighted by molar-refractivity contribution is -0.117. The third-order valence-corrected chi connectivity index (χ3v) is 2.79. The average molecular weight is 227 g/mol. The third kappa shape index (κ3) is 1.87. The van der Waals surface area contributed by atoms with Crippen LogP contribution in [0.3, 0.4) is 0 Å². The fourth-order valence-corrected chi connectivity index (χ4v) is 1.96. The van der Waals surface area contributed by atoms with E-state index < -0.39 is 0 Å². The van der Waals surface area contributed by atoms with Crippen LogP contribution in [0.1, 0.15) is 5.56 Å². The second-order valence-corrected chi connectivity index (χ2v) is 3.96. The Morgan fingerprint density at radius 3 is 2.94 bits per heavy atom. The Morgan fingerprint density at radius 2 is 2.29 bits per heavy atom. The van der Waals surface area contributed by atoms with Gasteiger partial charge in [-0.15, -0.1) is 6.58 Å². The highest BCUT2D eigenvalue weighted by Gasteiger charge is 2.26. The van der Waals surface area contributed by atoms with Crippen molar-refractivity contribution >= 4 is 17.3 Å². The fraction of sp³-hybridized carbons (Fsp3) is 0.231. The molecule has 1 amide bonds. The smallest absolute Gasteiger partial charge is 0.246 e. The highest BCUT2D eigenvalue weighted by atomic mass is 16.2. The van der Waals surface area contributed by atoms with Crippen molar-refractivity contribution in [1.82, 2.24) is 0 Å². The van der Waals surface area contributed by atoms with E-state index in [1.807, 2.05) is 18.0 Å². The molecule has 4 heteroatoms. The SMILES string of the molecule is C=CCN1C(=O)CN(C)c2cc(C#N)ccc21. The summed E-state index contributed by atoms with van der Waals surface area (Å²) in [6.07, 6.45) is 1.70. The van der Waals surface area contributed by atoms with E-state index in [1.54, 1.807) is 23.1 Å². The number of nitrogens with zero attached hydrogens (tertiary/aromatic N) is 3. The van der Waals surface area contributed by atoms with Crippen molar-refractivity contribution < 1.29 is 4.79 Å². The molecule has 0 spiro atoms. The van der Waals surface area contributed by atoms with E-state index in [0.717, 1.165) is 11.4 Å². The summed E-state index contributed by atoms with van der Waals surface area (Å²) in [5.41, 5.74) is 2.34. The highest BCUT2D eigenvalue weighted by Crippen LogP contribution is 2.33. The number of nitriles is 1. The van der Waals surface area contributed by atoms with Crippen LogP contribution in [0, 0.1) is 11.3 Å². The molecule has 1 aromatic rings. The van der Waals surface area contributed by atoms with Gasteiger partial charge >= 0.3 is 0 Å². The molecule has 0 aromatic heterocycles. The number of hydrogen-bond donors (Lipinski definition) is 0. The van der Waals surface area contributed by atoms with E-state index in [-0.39, 0.29) is 5.91 Å². The first-order valence-corrected chi connectivity index (χ1v) is 5.34. The van der Waals surface area contributed by atoms with Gasteiger partial charge in [-0.3, -0.25) is 4.79 Å². The second kappa shape index (κ2) is 4.30. The maximum Gasteiger partial charge on any atom is 0.246 e. The van der Waals surface area contributed by atoms with Crippen molar-refractivity contribution in [3.63, 3.8) is 0 Å². The van der Waals surface area contributed by atoms with E-state index in [4.69, 9.17) is 5.26 Å². The first-order valence-electron chi connectivity index (χ1n) is 5.34. The molecule has 0 saturated heterocycles. The number of likely N-dealkylation sites (N-methyl/N-ethyl adjacent to an activating group) is 1. The lowest BCUT2D eigenvalue weighted by Crippen LogP contribution is -2.44. The molecule has 0 radical (unpaired) electrons. The number of rotatable bonds is 2. The molecule has 0 aliphatic carbocycles. The number of carbonyl (C=O) groups excluding carboxylic acids is 1. The maximum atomic E-state index is 11.9. The van der Waals surface area contributed by atoms with Gasteiger partial charge < -0.3 is 9.80 Å². The van der Waals surface area contributed by atoms with Crippen molar-refractivity contribution in [3.05, 3.63) is 36.4 Å². The minimum Gasteiger partial charge on any atom is -0.364 e. The monoisotopic (exact) mass is 227 g/mol. The van der Waals surface area contributed by atoms with Crippen LogP contribution < -0.4 is 9.80 Å². The number of benzene rings is 1. The molecule has 1 aliphatic heterocycles. The largest absolute Gasteiger partial charge is 0.364 e. The van der Waals surface area contributed by atoms with Crippen LogP contribution in [0.5, 0.6) is 0 Å². The van der Waals surface area contributed by atoms with Crippen molar-refractivity contribution in [2.75, 3.05) is 29.9 Å². The van der Waals surface area contributed by atoms with Gasteiger partial charge in [-0.05, 0) is 18.2 Å². The van der Waals surface area contributed by atoms with Gasteiger partial charge in [0, 0.05) is 13.6 Å². The number of amides is 1. The van der Waals surface area contributed by atoms with Gasteiger partial charge in [0.25, 0.3) is 0 Å². The van der Waals surface area contributed by atoms with Gasteiger partial charge in [0.2, 0.25) is 5.91 Å². The van der Waals surface area contributed by atoms with Crippen LogP contribution in [0.2, 0.25) is 0 Å². The Hall–Kier alpha value is -2.28. The van der Waals surface area contributed by atoms with Crippen LogP contribution in [-0.2, 0) is 4.79 Å². The molecular formula is C13H13N3O. The molecular weight excluding hydrogens is 214 g/mol. The van der Waals surface area contributed by atoms with Gasteiger partial charge in [0.05, 0.1) is 29.6 Å². The van der Waals surface area contributed by atoms with Crippen LogP contribution in [-0.4, -0.2) is 26.0 Å². The summed E-state index contributed by atoms with van der Waals surface area (Å²) in [5, 5.41) is 8.88. The molecule has 0 bridgehead atoms. The van der Waals surface area contributed by atoms with Crippen molar-refractivity contribution in [2.24, 2.45) is 0 Å². The highest BCUT2D eigenvalue weighted by molar-refractivity contribution is 6.03. The van der Waals surface area contributed by atoms with Gasteiger partial charge in [0.15, 0.2) is 0 Å². The summed E-state index contributed by atoms with van der Waals surface area (Å²) in [6, 6.07) is 7.44. The molecule has 1 heterocycles. The summed E-state index contributed by atoms with van der Waals surface area (Å²) < 4.78 is 0. The number of fused-ring (bicyclic) bond motifs is 1. The second-order valence-electron chi connectivity index (χ2n) is 3.96. The summed E-state index contributed by atoms with van der Waals surface area (Å²) in [4.78, 5) is 15.4. The topological polar surface area (TPSA) is 47.3 Å². The van der Waals surface area contributed by atoms with Gasteiger partial charge in [-0.1, -0.05) is 6.08 Å². The van der Waals surface area contributed by atoms with E-state index in [2.05, 4.69) is 12.6 Å². The minimum absolute atomic E-state index is 0.0459. The summed E-state index contributed by atoms with van der Waals surface area (Å²) in [5.74, 6) is 0.0459. The van der Waals surface area contributed by atoms with Crippen molar-refractivity contribution in [1.29, 1.82) is 5.26 Å². The molecule has 0 unspecified atom stereocenters.